The number of H-pyrrole nitrogens is 1. The van der Waals surface area contributed by atoms with Crippen LogP contribution in [0.5, 0.6) is 0 Å². The van der Waals surface area contributed by atoms with Crippen molar-refractivity contribution in [3.8, 4) is 0 Å². The first-order chi connectivity index (χ1) is 10.8. The van der Waals surface area contributed by atoms with E-state index in [0.717, 1.165) is 30.7 Å². The van der Waals surface area contributed by atoms with Crippen LogP contribution in [-0.2, 0) is 23.8 Å². The van der Waals surface area contributed by atoms with Crippen molar-refractivity contribution in [1.29, 1.82) is 0 Å². The summed E-state index contributed by atoms with van der Waals surface area (Å²) in [6, 6.07) is 1.03. The average Bonchev–Trinajstić information content (AvgIpc) is 2.73. The molecule has 0 amide bonds. The molecule has 126 valence electrons. The average molecular weight is 330 g/mol. The second-order valence-corrected chi connectivity index (χ2v) is 4.90. The van der Waals surface area contributed by atoms with Crippen LogP contribution in [0.15, 0.2) is 21.9 Å². The second-order valence-electron chi connectivity index (χ2n) is 4.90. The molecule has 10 heteroatoms. The fourth-order valence-electron chi connectivity index (χ4n) is 2.21. The maximum Gasteiger partial charge on any atom is 0.330 e. The molecule has 0 bridgehead atoms. The highest BCUT2D eigenvalue weighted by Gasteiger charge is 2.49. The highest BCUT2D eigenvalue weighted by atomic mass is 19.1. The van der Waals surface area contributed by atoms with Gasteiger partial charge in [-0.05, 0) is 0 Å². The van der Waals surface area contributed by atoms with E-state index in [1.54, 1.807) is 0 Å². The van der Waals surface area contributed by atoms with Gasteiger partial charge in [0, 0.05) is 26.1 Å². The van der Waals surface area contributed by atoms with Gasteiger partial charge in [0.25, 0.3) is 5.56 Å². The van der Waals surface area contributed by atoms with Gasteiger partial charge in [0.2, 0.25) is 0 Å². The number of ether oxygens (including phenoxy) is 3. The number of aromatic amines is 1. The van der Waals surface area contributed by atoms with Gasteiger partial charge in [0.1, 0.15) is 12.7 Å². The Labute approximate surface area is 129 Å². The molecule has 1 aromatic heterocycles. The number of aromatic nitrogens is 2. The predicted octanol–water partition coefficient (Wildman–Crippen LogP) is -0.733. The molecule has 0 aromatic carbocycles. The summed E-state index contributed by atoms with van der Waals surface area (Å²) in [5.74, 6) is -1.36. The zero-order valence-electron chi connectivity index (χ0n) is 12.4. The van der Waals surface area contributed by atoms with Crippen LogP contribution >= 0.6 is 0 Å². The van der Waals surface area contributed by atoms with E-state index in [4.69, 9.17) is 14.2 Å². The molecular formula is C13H15FN2O7. The molecule has 0 aliphatic carbocycles. The third-order valence-corrected chi connectivity index (χ3v) is 3.15. The molecule has 1 aliphatic heterocycles. The van der Waals surface area contributed by atoms with Crippen LogP contribution in [0.2, 0.25) is 0 Å². The summed E-state index contributed by atoms with van der Waals surface area (Å²) in [5, 5.41) is 0. The molecule has 0 unspecified atom stereocenters. The SMILES string of the molecule is CC(=O)OC[C@H]1O[C@H](n2ccc(=O)[nH]c2=O)[C@@H](F)[C@H]1OC(C)=O. The third-order valence-electron chi connectivity index (χ3n) is 3.15. The molecule has 9 nitrogen and oxygen atoms in total. The summed E-state index contributed by atoms with van der Waals surface area (Å²) < 4.78 is 30.4. The number of halogens is 1. The van der Waals surface area contributed by atoms with E-state index in [9.17, 15) is 23.6 Å². The topological polar surface area (TPSA) is 117 Å². The highest BCUT2D eigenvalue weighted by Crippen LogP contribution is 2.33. The highest BCUT2D eigenvalue weighted by molar-refractivity contribution is 5.66. The lowest BCUT2D eigenvalue weighted by molar-refractivity contribution is -0.156. The van der Waals surface area contributed by atoms with Gasteiger partial charge in [-0.2, -0.15) is 0 Å². The minimum Gasteiger partial charge on any atom is -0.463 e. The predicted molar refractivity (Wildman–Crippen MR) is 72.3 cm³/mol. The zero-order valence-corrected chi connectivity index (χ0v) is 12.4. The summed E-state index contributed by atoms with van der Waals surface area (Å²) in [6.07, 6.45) is -4.68. The number of esters is 2. The molecule has 1 saturated heterocycles. The number of nitrogens with zero attached hydrogens (tertiary/aromatic N) is 1. The number of carbonyl (C=O) groups excluding carboxylic acids is 2. The molecule has 1 aromatic rings. The molecule has 2 rings (SSSR count). The number of alkyl halides is 1. The number of rotatable bonds is 4. The molecule has 1 N–H and O–H groups in total. The molecule has 1 fully saturated rings. The van der Waals surface area contributed by atoms with Crippen LogP contribution in [-0.4, -0.2) is 46.5 Å². The van der Waals surface area contributed by atoms with E-state index in [2.05, 4.69) is 0 Å². The lowest BCUT2D eigenvalue weighted by Crippen LogP contribution is -2.37. The summed E-state index contributed by atoms with van der Waals surface area (Å²) in [5.41, 5.74) is -1.52. The fourth-order valence-corrected chi connectivity index (χ4v) is 2.21. The van der Waals surface area contributed by atoms with Gasteiger partial charge in [-0.3, -0.25) is 23.9 Å². The minimum absolute atomic E-state index is 0.345. The molecular weight excluding hydrogens is 315 g/mol. The van der Waals surface area contributed by atoms with Crippen molar-refractivity contribution in [3.05, 3.63) is 33.1 Å². The van der Waals surface area contributed by atoms with Gasteiger partial charge < -0.3 is 14.2 Å². The summed E-state index contributed by atoms with van der Waals surface area (Å²) in [4.78, 5) is 46.8. The minimum atomic E-state index is -1.89. The normalized spacial score (nSPS) is 26.7. The van der Waals surface area contributed by atoms with Gasteiger partial charge in [-0.1, -0.05) is 0 Å². The first-order valence-corrected chi connectivity index (χ1v) is 6.71. The first-order valence-electron chi connectivity index (χ1n) is 6.71. The molecule has 1 aliphatic rings. The maximum absolute atomic E-state index is 14.6. The van der Waals surface area contributed by atoms with E-state index in [1.807, 2.05) is 4.98 Å². The van der Waals surface area contributed by atoms with E-state index >= 15 is 0 Å². The zero-order chi connectivity index (χ0) is 17.1. The Kier molecular flexibility index (Phi) is 4.94. The van der Waals surface area contributed by atoms with E-state index in [-0.39, 0.29) is 6.61 Å². The Balaban J connectivity index is 2.27. The first kappa shape index (κ1) is 16.9. The Hall–Kier alpha value is -2.49. The fraction of sp³-hybridized carbons (Fsp3) is 0.538. The number of hydrogen-bond acceptors (Lipinski definition) is 7. The molecule has 4 atom stereocenters. The van der Waals surface area contributed by atoms with Crippen molar-refractivity contribution in [3.63, 3.8) is 0 Å². The smallest absolute Gasteiger partial charge is 0.330 e. The summed E-state index contributed by atoms with van der Waals surface area (Å²) in [6.45, 7) is 1.91. The van der Waals surface area contributed by atoms with Crippen molar-refractivity contribution in [1.82, 2.24) is 9.55 Å². The van der Waals surface area contributed by atoms with Gasteiger partial charge in [-0.25, -0.2) is 9.18 Å². The number of hydrogen-bond donors (Lipinski definition) is 1. The van der Waals surface area contributed by atoms with Crippen LogP contribution < -0.4 is 11.2 Å². The monoisotopic (exact) mass is 330 g/mol. The molecule has 0 saturated carbocycles. The van der Waals surface area contributed by atoms with Crippen LogP contribution in [0.1, 0.15) is 20.1 Å². The van der Waals surface area contributed by atoms with Crippen molar-refractivity contribution in [2.24, 2.45) is 0 Å². The van der Waals surface area contributed by atoms with Gasteiger partial charge >= 0.3 is 17.6 Å². The van der Waals surface area contributed by atoms with E-state index < -0.39 is 47.8 Å². The quantitative estimate of drug-likeness (QED) is 0.723. The van der Waals surface area contributed by atoms with Crippen molar-refractivity contribution in [2.45, 2.75) is 38.5 Å². The van der Waals surface area contributed by atoms with Crippen LogP contribution in [0.4, 0.5) is 4.39 Å². The summed E-state index contributed by atoms with van der Waals surface area (Å²) in [7, 11) is 0. The maximum atomic E-state index is 14.6. The number of nitrogens with one attached hydrogen (secondary N) is 1. The van der Waals surface area contributed by atoms with Crippen LogP contribution in [0.3, 0.4) is 0 Å². The van der Waals surface area contributed by atoms with Gasteiger partial charge in [-0.15, -0.1) is 0 Å². The second kappa shape index (κ2) is 6.73. The van der Waals surface area contributed by atoms with Gasteiger partial charge in [0.15, 0.2) is 18.5 Å². The summed E-state index contributed by atoms with van der Waals surface area (Å²) >= 11 is 0. The largest absolute Gasteiger partial charge is 0.463 e. The molecule has 2 heterocycles. The third kappa shape index (κ3) is 3.83. The molecule has 0 radical (unpaired) electrons. The van der Waals surface area contributed by atoms with Gasteiger partial charge in [0.05, 0.1) is 0 Å². The molecule has 23 heavy (non-hydrogen) atoms. The van der Waals surface area contributed by atoms with Crippen molar-refractivity contribution in [2.75, 3.05) is 6.61 Å². The van der Waals surface area contributed by atoms with E-state index in [1.165, 1.54) is 0 Å². The van der Waals surface area contributed by atoms with Crippen LogP contribution in [0.25, 0.3) is 0 Å². The Morgan fingerprint density at radius 3 is 2.61 bits per heavy atom. The van der Waals surface area contributed by atoms with Crippen LogP contribution in [0, 0.1) is 0 Å². The molecule has 0 spiro atoms. The number of carbonyl (C=O) groups is 2. The Morgan fingerprint density at radius 1 is 1.35 bits per heavy atom. The lowest BCUT2D eigenvalue weighted by Gasteiger charge is -2.18. The Bertz CT molecular complexity index is 713. The van der Waals surface area contributed by atoms with Crippen molar-refractivity contribution >= 4 is 11.9 Å². The Morgan fingerprint density at radius 2 is 2.04 bits per heavy atom. The lowest BCUT2D eigenvalue weighted by atomic mass is 10.1. The van der Waals surface area contributed by atoms with Crippen molar-refractivity contribution < 1.29 is 28.2 Å². The standard InChI is InChI=1S/C13H15FN2O7/c1-6(17)21-5-8-11(22-7(2)18)10(14)12(23-8)16-4-3-9(19)15-13(16)20/h3-4,8,10-12H,5H2,1-2H3,(H,15,19,20)/t8-,10+,11+,12+/m1/s1. The van der Waals surface area contributed by atoms with E-state index in [0.29, 0.717) is 0 Å².